The quantitative estimate of drug-likeness (QED) is 0.613. The fraction of sp³-hybridized carbons (Fsp3) is 0.375. The maximum Gasteiger partial charge on any atom is 0.0937 e. The Hall–Kier alpha value is -0.570. The highest BCUT2D eigenvalue weighted by molar-refractivity contribution is 7.16. The molecule has 1 aliphatic rings. The molecule has 19 heavy (non-hydrogen) atoms. The minimum absolute atomic E-state index is 0.910. The summed E-state index contributed by atoms with van der Waals surface area (Å²) in [5.74, 6) is 0. The number of rotatable bonds is 3. The molecule has 0 nitrogen and oxygen atoms in total. The molecule has 3 heteroatoms. The van der Waals surface area contributed by atoms with Crippen LogP contribution in [0.1, 0.15) is 47.1 Å². The molecule has 0 saturated carbocycles. The largest absolute Gasteiger partial charge is 0.148 e. The second-order valence-electron chi connectivity index (χ2n) is 4.94. The van der Waals surface area contributed by atoms with Crippen LogP contribution in [-0.2, 0) is 6.42 Å². The summed E-state index contributed by atoms with van der Waals surface area (Å²) in [5.41, 5.74) is 5.97. The molecule has 0 saturated heterocycles. The lowest BCUT2D eigenvalue weighted by molar-refractivity contribution is 0.941. The SMILES string of the molecule is CCc1sccc1C1=C(c2cc(Cl)sc2C)CCC1. The van der Waals surface area contributed by atoms with Gasteiger partial charge in [-0.1, -0.05) is 18.5 Å². The normalized spacial score (nSPS) is 15.5. The van der Waals surface area contributed by atoms with Gasteiger partial charge in [0.25, 0.3) is 0 Å². The monoisotopic (exact) mass is 308 g/mol. The Bertz CT molecular complexity index is 631. The van der Waals surface area contributed by atoms with Crippen LogP contribution in [0, 0.1) is 6.92 Å². The highest BCUT2D eigenvalue weighted by Crippen LogP contribution is 2.44. The van der Waals surface area contributed by atoms with Crippen molar-refractivity contribution in [3.8, 4) is 0 Å². The lowest BCUT2D eigenvalue weighted by atomic mass is 9.97. The molecule has 0 amide bonds. The summed E-state index contributed by atoms with van der Waals surface area (Å²) in [6.45, 7) is 4.43. The van der Waals surface area contributed by atoms with Gasteiger partial charge in [0.1, 0.15) is 0 Å². The fourth-order valence-corrected chi connectivity index (χ4v) is 5.04. The van der Waals surface area contributed by atoms with E-state index < -0.39 is 0 Å². The van der Waals surface area contributed by atoms with Crippen molar-refractivity contribution in [1.29, 1.82) is 0 Å². The average molecular weight is 309 g/mol. The number of hydrogen-bond donors (Lipinski definition) is 0. The molecule has 1 aliphatic carbocycles. The van der Waals surface area contributed by atoms with E-state index >= 15 is 0 Å². The van der Waals surface area contributed by atoms with Gasteiger partial charge in [-0.05, 0) is 72.4 Å². The second-order valence-corrected chi connectivity index (χ2v) is 7.83. The predicted octanol–water partition coefficient (Wildman–Crippen LogP) is 6.43. The number of allylic oxidation sites excluding steroid dienone is 2. The molecule has 0 aromatic carbocycles. The van der Waals surface area contributed by atoms with Crippen molar-refractivity contribution < 1.29 is 0 Å². The zero-order valence-electron chi connectivity index (χ0n) is 11.3. The van der Waals surface area contributed by atoms with E-state index in [1.54, 1.807) is 16.9 Å². The maximum absolute atomic E-state index is 6.17. The van der Waals surface area contributed by atoms with Crippen LogP contribution in [0.25, 0.3) is 11.1 Å². The Morgan fingerprint density at radius 3 is 2.58 bits per heavy atom. The molecular formula is C16H17ClS2. The van der Waals surface area contributed by atoms with Gasteiger partial charge in [0, 0.05) is 9.75 Å². The summed E-state index contributed by atoms with van der Waals surface area (Å²) in [5, 5.41) is 2.23. The van der Waals surface area contributed by atoms with Crippen LogP contribution in [0.2, 0.25) is 4.34 Å². The molecule has 0 radical (unpaired) electrons. The second kappa shape index (κ2) is 5.43. The first-order valence-electron chi connectivity index (χ1n) is 6.75. The number of thiophene rings is 2. The van der Waals surface area contributed by atoms with Gasteiger partial charge in [0.05, 0.1) is 4.34 Å². The zero-order valence-corrected chi connectivity index (χ0v) is 13.6. The highest BCUT2D eigenvalue weighted by Gasteiger charge is 2.22. The fourth-order valence-electron chi connectivity index (χ4n) is 2.97. The summed E-state index contributed by atoms with van der Waals surface area (Å²) >= 11 is 9.76. The Labute approximate surface area is 127 Å². The minimum atomic E-state index is 0.910. The van der Waals surface area contributed by atoms with Gasteiger partial charge >= 0.3 is 0 Å². The molecule has 2 aromatic heterocycles. The van der Waals surface area contributed by atoms with Crippen LogP contribution in [0.4, 0.5) is 0 Å². The highest BCUT2D eigenvalue weighted by atomic mass is 35.5. The predicted molar refractivity (Wildman–Crippen MR) is 88.4 cm³/mol. The third-order valence-electron chi connectivity index (χ3n) is 3.82. The molecule has 0 unspecified atom stereocenters. The van der Waals surface area contributed by atoms with E-state index in [0.717, 1.165) is 10.8 Å². The van der Waals surface area contributed by atoms with Gasteiger partial charge in [0.15, 0.2) is 0 Å². The molecule has 0 aliphatic heterocycles. The van der Waals surface area contributed by atoms with Crippen LogP contribution in [0.5, 0.6) is 0 Å². The molecule has 0 fully saturated rings. The molecule has 0 atom stereocenters. The van der Waals surface area contributed by atoms with Gasteiger partial charge in [-0.3, -0.25) is 0 Å². The molecule has 3 rings (SSSR count). The Morgan fingerprint density at radius 1 is 1.21 bits per heavy atom. The molecular weight excluding hydrogens is 292 g/mol. The van der Waals surface area contributed by atoms with Gasteiger partial charge in [-0.2, -0.15) is 0 Å². The summed E-state index contributed by atoms with van der Waals surface area (Å²) < 4.78 is 0.910. The third kappa shape index (κ3) is 2.42. The summed E-state index contributed by atoms with van der Waals surface area (Å²) in [6, 6.07) is 4.45. The first-order valence-corrected chi connectivity index (χ1v) is 8.83. The van der Waals surface area contributed by atoms with Crippen molar-refractivity contribution in [3.63, 3.8) is 0 Å². The van der Waals surface area contributed by atoms with Crippen molar-refractivity contribution in [2.45, 2.75) is 39.5 Å². The number of halogens is 1. The number of aryl methyl sites for hydroxylation is 2. The minimum Gasteiger partial charge on any atom is -0.148 e. The molecule has 0 spiro atoms. The van der Waals surface area contributed by atoms with E-state index in [4.69, 9.17) is 11.6 Å². The lowest BCUT2D eigenvalue weighted by Crippen LogP contribution is -1.88. The van der Waals surface area contributed by atoms with Crippen molar-refractivity contribution in [3.05, 3.63) is 42.7 Å². The van der Waals surface area contributed by atoms with E-state index in [2.05, 4.69) is 31.4 Å². The van der Waals surface area contributed by atoms with Crippen LogP contribution < -0.4 is 0 Å². The van der Waals surface area contributed by atoms with Crippen LogP contribution in [0.3, 0.4) is 0 Å². The standard InChI is InChI=1S/C16H17ClS2/c1-3-15-13(7-8-18-15)11-5-4-6-12(11)14-9-16(17)19-10(14)2/h7-9H,3-6H2,1-2H3. The van der Waals surface area contributed by atoms with Gasteiger partial charge in [0.2, 0.25) is 0 Å². The topological polar surface area (TPSA) is 0 Å². The smallest absolute Gasteiger partial charge is 0.0937 e. The molecule has 0 N–H and O–H groups in total. The first-order chi connectivity index (χ1) is 9.20. The Morgan fingerprint density at radius 2 is 1.95 bits per heavy atom. The van der Waals surface area contributed by atoms with E-state index in [1.807, 2.05) is 11.3 Å². The number of hydrogen-bond acceptors (Lipinski definition) is 2. The molecule has 100 valence electrons. The van der Waals surface area contributed by atoms with Crippen molar-refractivity contribution in [2.24, 2.45) is 0 Å². The van der Waals surface area contributed by atoms with E-state index in [1.165, 1.54) is 45.7 Å². The van der Waals surface area contributed by atoms with E-state index in [9.17, 15) is 0 Å². The van der Waals surface area contributed by atoms with Gasteiger partial charge < -0.3 is 0 Å². The van der Waals surface area contributed by atoms with E-state index in [0.29, 0.717) is 0 Å². The van der Waals surface area contributed by atoms with Crippen LogP contribution in [0.15, 0.2) is 17.5 Å². The Balaban J connectivity index is 2.12. The summed E-state index contributed by atoms with van der Waals surface area (Å²) in [6.07, 6.45) is 4.82. The maximum atomic E-state index is 6.17. The zero-order chi connectivity index (χ0) is 13.4. The lowest BCUT2D eigenvalue weighted by Gasteiger charge is -2.08. The third-order valence-corrected chi connectivity index (χ3v) is 6.07. The molecule has 2 heterocycles. The van der Waals surface area contributed by atoms with Crippen LogP contribution in [-0.4, -0.2) is 0 Å². The van der Waals surface area contributed by atoms with E-state index in [-0.39, 0.29) is 0 Å². The van der Waals surface area contributed by atoms with Crippen LogP contribution >= 0.6 is 34.3 Å². The van der Waals surface area contributed by atoms with Gasteiger partial charge in [-0.25, -0.2) is 0 Å². The first kappa shape index (κ1) is 13.4. The van der Waals surface area contributed by atoms with Crippen molar-refractivity contribution in [1.82, 2.24) is 0 Å². The molecule has 2 aromatic rings. The summed E-state index contributed by atoms with van der Waals surface area (Å²) in [4.78, 5) is 2.88. The van der Waals surface area contributed by atoms with Crippen molar-refractivity contribution in [2.75, 3.05) is 0 Å². The Kier molecular flexibility index (Phi) is 3.84. The van der Waals surface area contributed by atoms with Gasteiger partial charge in [-0.15, -0.1) is 22.7 Å². The van der Waals surface area contributed by atoms with Crippen molar-refractivity contribution >= 4 is 45.4 Å². The average Bonchev–Trinajstić information content (AvgIpc) is 3.07. The summed E-state index contributed by atoms with van der Waals surface area (Å²) in [7, 11) is 0. The molecule has 0 bridgehead atoms.